The van der Waals surface area contributed by atoms with Crippen LogP contribution in [-0.4, -0.2) is 6.54 Å². The Bertz CT molecular complexity index is 557. The fourth-order valence-corrected chi connectivity index (χ4v) is 2.56. The molecule has 0 saturated carbocycles. The van der Waals surface area contributed by atoms with E-state index in [1.807, 2.05) is 0 Å². The summed E-state index contributed by atoms with van der Waals surface area (Å²) in [5.74, 6) is 0. The minimum atomic E-state index is 1.02. The lowest BCUT2D eigenvalue weighted by Crippen LogP contribution is -2.01. The van der Waals surface area contributed by atoms with Crippen molar-refractivity contribution in [3.63, 3.8) is 0 Å². The Kier molecular flexibility index (Phi) is 3.06. The summed E-state index contributed by atoms with van der Waals surface area (Å²) >= 11 is 0. The summed E-state index contributed by atoms with van der Waals surface area (Å²) in [6.07, 6.45) is 3.46. The summed E-state index contributed by atoms with van der Waals surface area (Å²) in [7, 11) is 0. The van der Waals surface area contributed by atoms with E-state index in [2.05, 4.69) is 54.7 Å². The lowest BCUT2D eigenvalue weighted by molar-refractivity contribution is 0.834. The number of rotatable bonds is 4. The van der Waals surface area contributed by atoms with Crippen molar-refractivity contribution < 1.29 is 0 Å². The fraction of sp³-hybridized carbons (Fsp3) is 0.294. The van der Waals surface area contributed by atoms with Gasteiger partial charge in [-0.25, -0.2) is 0 Å². The number of anilines is 1. The molecule has 91 valence electrons. The van der Waals surface area contributed by atoms with E-state index < -0.39 is 0 Å². The fourth-order valence-electron chi connectivity index (χ4n) is 2.56. The van der Waals surface area contributed by atoms with E-state index in [-0.39, 0.29) is 0 Å². The van der Waals surface area contributed by atoms with Gasteiger partial charge in [-0.3, -0.25) is 0 Å². The minimum absolute atomic E-state index is 1.02. The highest BCUT2D eigenvalue weighted by Gasteiger charge is 2.17. The summed E-state index contributed by atoms with van der Waals surface area (Å²) < 4.78 is 0. The van der Waals surface area contributed by atoms with Crippen molar-refractivity contribution in [2.45, 2.75) is 26.2 Å². The molecular weight excluding hydrogens is 218 g/mol. The Labute approximate surface area is 109 Å². The summed E-state index contributed by atoms with van der Waals surface area (Å²) in [5.41, 5.74) is 6.62. The molecule has 0 bridgehead atoms. The predicted octanol–water partition coefficient (Wildman–Crippen LogP) is 4.27. The summed E-state index contributed by atoms with van der Waals surface area (Å²) in [6.45, 7) is 3.25. The first-order valence-electron chi connectivity index (χ1n) is 6.76. The van der Waals surface area contributed by atoms with Gasteiger partial charge in [-0.15, -0.1) is 0 Å². The van der Waals surface area contributed by atoms with Gasteiger partial charge in [0.2, 0.25) is 0 Å². The second-order valence-electron chi connectivity index (χ2n) is 4.88. The van der Waals surface area contributed by atoms with Crippen LogP contribution in [0.15, 0.2) is 36.4 Å². The average Bonchev–Trinajstić information content (AvgIpc) is 2.76. The molecule has 0 aliphatic heterocycles. The molecule has 0 atom stereocenters. The van der Waals surface area contributed by atoms with Crippen LogP contribution in [0.5, 0.6) is 0 Å². The summed E-state index contributed by atoms with van der Waals surface area (Å²) in [5, 5.41) is 3.45. The first kappa shape index (κ1) is 11.3. The highest BCUT2D eigenvalue weighted by Crippen LogP contribution is 2.37. The molecule has 0 aromatic heterocycles. The Balaban J connectivity index is 1.84. The molecule has 1 radical (unpaired) electrons. The SMILES string of the molecule is CCCCNc1[c]c2c(cc1)-c1ccccc1C2. The van der Waals surface area contributed by atoms with E-state index in [0.29, 0.717) is 0 Å². The highest BCUT2D eigenvalue weighted by atomic mass is 14.9. The van der Waals surface area contributed by atoms with Gasteiger partial charge in [0, 0.05) is 18.3 Å². The molecule has 0 fully saturated rings. The van der Waals surface area contributed by atoms with Crippen molar-refractivity contribution >= 4 is 5.69 Å². The molecule has 1 heteroatoms. The molecule has 2 aromatic rings. The molecular formula is C17H18N. The second kappa shape index (κ2) is 4.85. The molecule has 0 saturated heterocycles. The van der Waals surface area contributed by atoms with Crippen LogP contribution in [0.3, 0.4) is 0 Å². The van der Waals surface area contributed by atoms with E-state index in [9.17, 15) is 0 Å². The number of hydrogen-bond acceptors (Lipinski definition) is 1. The Morgan fingerprint density at radius 1 is 1.11 bits per heavy atom. The Morgan fingerprint density at radius 3 is 2.89 bits per heavy atom. The number of nitrogens with one attached hydrogen (secondary N) is 1. The minimum Gasteiger partial charge on any atom is -0.385 e. The van der Waals surface area contributed by atoms with E-state index in [1.54, 1.807) is 0 Å². The van der Waals surface area contributed by atoms with Crippen LogP contribution in [-0.2, 0) is 6.42 Å². The van der Waals surface area contributed by atoms with Gasteiger partial charge in [-0.05, 0) is 41.2 Å². The maximum atomic E-state index is 3.52. The molecule has 18 heavy (non-hydrogen) atoms. The van der Waals surface area contributed by atoms with Gasteiger partial charge in [-0.2, -0.15) is 0 Å². The molecule has 0 amide bonds. The quantitative estimate of drug-likeness (QED) is 0.667. The zero-order valence-corrected chi connectivity index (χ0v) is 10.8. The molecule has 1 aliphatic rings. The van der Waals surface area contributed by atoms with E-state index >= 15 is 0 Å². The summed E-state index contributed by atoms with van der Waals surface area (Å²) in [6, 6.07) is 16.5. The van der Waals surface area contributed by atoms with E-state index in [1.165, 1.54) is 35.1 Å². The second-order valence-corrected chi connectivity index (χ2v) is 4.88. The van der Waals surface area contributed by atoms with Gasteiger partial charge >= 0.3 is 0 Å². The first-order valence-corrected chi connectivity index (χ1v) is 6.76. The van der Waals surface area contributed by atoms with Crippen LogP contribution in [0, 0.1) is 6.07 Å². The van der Waals surface area contributed by atoms with Gasteiger partial charge in [0.15, 0.2) is 0 Å². The van der Waals surface area contributed by atoms with Crippen LogP contribution >= 0.6 is 0 Å². The summed E-state index contributed by atoms with van der Waals surface area (Å²) in [4.78, 5) is 0. The molecule has 1 N–H and O–H groups in total. The average molecular weight is 236 g/mol. The molecule has 2 aromatic carbocycles. The first-order chi connectivity index (χ1) is 8.88. The third-order valence-electron chi connectivity index (χ3n) is 3.55. The van der Waals surface area contributed by atoms with Crippen LogP contribution in [0.25, 0.3) is 11.1 Å². The Hall–Kier alpha value is -1.76. The number of fused-ring (bicyclic) bond motifs is 3. The van der Waals surface area contributed by atoms with Crippen molar-refractivity contribution in [1.29, 1.82) is 0 Å². The number of benzene rings is 2. The van der Waals surface area contributed by atoms with Gasteiger partial charge in [0.05, 0.1) is 0 Å². The van der Waals surface area contributed by atoms with Gasteiger partial charge in [-0.1, -0.05) is 43.7 Å². The van der Waals surface area contributed by atoms with Crippen LogP contribution < -0.4 is 5.32 Å². The maximum absolute atomic E-state index is 3.52. The molecule has 0 heterocycles. The van der Waals surface area contributed by atoms with Gasteiger partial charge in [0.1, 0.15) is 0 Å². The van der Waals surface area contributed by atoms with Crippen molar-refractivity contribution in [3.8, 4) is 11.1 Å². The third-order valence-corrected chi connectivity index (χ3v) is 3.55. The lowest BCUT2D eigenvalue weighted by Gasteiger charge is -2.07. The zero-order valence-electron chi connectivity index (χ0n) is 10.8. The van der Waals surface area contributed by atoms with Gasteiger partial charge < -0.3 is 5.32 Å². The largest absolute Gasteiger partial charge is 0.385 e. The number of hydrogen-bond donors (Lipinski definition) is 1. The molecule has 0 unspecified atom stereocenters. The monoisotopic (exact) mass is 236 g/mol. The maximum Gasteiger partial charge on any atom is 0.0424 e. The lowest BCUT2D eigenvalue weighted by atomic mass is 10.1. The zero-order chi connectivity index (χ0) is 12.4. The predicted molar refractivity (Wildman–Crippen MR) is 76.9 cm³/mol. The van der Waals surface area contributed by atoms with Crippen molar-refractivity contribution in [3.05, 3.63) is 53.6 Å². The van der Waals surface area contributed by atoms with Gasteiger partial charge in [0.25, 0.3) is 0 Å². The van der Waals surface area contributed by atoms with Crippen molar-refractivity contribution in [2.75, 3.05) is 11.9 Å². The number of unbranched alkanes of at least 4 members (excludes halogenated alkanes) is 1. The van der Waals surface area contributed by atoms with Crippen LogP contribution in [0.1, 0.15) is 30.9 Å². The van der Waals surface area contributed by atoms with Crippen LogP contribution in [0.4, 0.5) is 5.69 Å². The van der Waals surface area contributed by atoms with Crippen LogP contribution in [0.2, 0.25) is 0 Å². The molecule has 0 spiro atoms. The normalized spacial score (nSPS) is 12.1. The smallest absolute Gasteiger partial charge is 0.0424 e. The van der Waals surface area contributed by atoms with Crippen molar-refractivity contribution in [2.24, 2.45) is 0 Å². The Morgan fingerprint density at radius 2 is 2.00 bits per heavy atom. The molecule has 1 nitrogen and oxygen atoms in total. The van der Waals surface area contributed by atoms with E-state index in [0.717, 1.165) is 18.7 Å². The molecule has 3 rings (SSSR count). The third kappa shape index (κ3) is 2.01. The standard InChI is InChI=1S/C17H18N/c1-2-3-10-18-15-8-9-17-14(12-15)11-13-6-4-5-7-16(13)17/h4-9,18H,2-3,10-11H2,1H3. The highest BCUT2D eigenvalue weighted by molar-refractivity contribution is 5.78. The topological polar surface area (TPSA) is 12.0 Å². The van der Waals surface area contributed by atoms with Crippen molar-refractivity contribution in [1.82, 2.24) is 0 Å². The molecule has 1 aliphatic carbocycles. The van der Waals surface area contributed by atoms with E-state index in [4.69, 9.17) is 0 Å².